The molecule has 2 N–H and O–H groups in total. The summed E-state index contributed by atoms with van der Waals surface area (Å²) < 4.78 is 0. The Hall–Kier alpha value is -2.04. The van der Waals surface area contributed by atoms with E-state index >= 15 is 0 Å². The Balaban J connectivity index is 1.60. The highest BCUT2D eigenvalue weighted by atomic mass is 16.2. The molecule has 1 unspecified atom stereocenters. The molecule has 2 aliphatic heterocycles. The predicted molar refractivity (Wildman–Crippen MR) is 76.4 cm³/mol. The molecule has 2 atom stereocenters. The van der Waals surface area contributed by atoms with Crippen LogP contribution < -0.4 is 10.6 Å². The average Bonchev–Trinajstić information content (AvgIpc) is 3.03. The molecule has 2 amide bonds. The maximum Gasteiger partial charge on any atom is 0.245 e. The summed E-state index contributed by atoms with van der Waals surface area (Å²) in [6.45, 7) is 2.85. The van der Waals surface area contributed by atoms with Gasteiger partial charge < -0.3 is 15.5 Å². The molecular weight excluding hydrogens is 254 g/mol. The molecule has 0 saturated carbocycles. The van der Waals surface area contributed by atoms with Gasteiger partial charge >= 0.3 is 0 Å². The van der Waals surface area contributed by atoms with Gasteiger partial charge in [-0.25, -0.2) is 0 Å². The van der Waals surface area contributed by atoms with Gasteiger partial charge in [-0.2, -0.15) is 0 Å². The van der Waals surface area contributed by atoms with Crippen molar-refractivity contribution in [2.45, 2.75) is 31.8 Å². The van der Waals surface area contributed by atoms with Gasteiger partial charge in [-0.05, 0) is 18.1 Å². The Bertz CT molecular complexity index is 519. The molecule has 2 aliphatic rings. The molecule has 1 aromatic rings. The number of para-hydroxylation sites is 1. The number of nitrogens with one attached hydrogen (secondary N) is 2. The molecule has 3 rings (SSSR count). The van der Waals surface area contributed by atoms with Gasteiger partial charge in [-0.15, -0.1) is 0 Å². The summed E-state index contributed by atoms with van der Waals surface area (Å²) in [5.41, 5.74) is 2.26. The van der Waals surface area contributed by atoms with E-state index in [-0.39, 0.29) is 23.9 Å². The third kappa shape index (κ3) is 2.48. The van der Waals surface area contributed by atoms with Crippen LogP contribution in [0.25, 0.3) is 0 Å². The molecule has 0 aromatic heterocycles. The minimum absolute atomic E-state index is 0.0318. The summed E-state index contributed by atoms with van der Waals surface area (Å²) in [5.74, 6) is 0.102. The van der Waals surface area contributed by atoms with E-state index in [0.29, 0.717) is 6.54 Å². The van der Waals surface area contributed by atoms with Crippen molar-refractivity contribution >= 4 is 17.5 Å². The van der Waals surface area contributed by atoms with Gasteiger partial charge in [0, 0.05) is 38.2 Å². The Morgan fingerprint density at radius 3 is 2.90 bits per heavy atom. The fraction of sp³-hybridized carbons (Fsp3) is 0.467. The number of hydrogen-bond acceptors (Lipinski definition) is 3. The molecule has 20 heavy (non-hydrogen) atoms. The third-order valence-corrected chi connectivity index (χ3v) is 3.98. The van der Waals surface area contributed by atoms with Gasteiger partial charge in [0.05, 0.1) is 0 Å². The highest BCUT2D eigenvalue weighted by Crippen LogP contribution is 2.26. The van der Waals surface area contributed by atoms with Gasteiger partial charge in [0.1, 0.15) is 6.04 Å². The zero-order chi connectivity index (χ0) is 14.1. The van der Waals surface area contributed by atoms with Crippen molar-refractivity contribution in [1.29, 1.82) is 0 Å². The van der Waals surface area contributed by atoms with Crippen molar-refractivity contribution in [2.75, 3.05) is 18.4 Å². The number of carbonyl (C=O) groups excluding carboxylic acids is 2. The molecule has 1 fully saturated rings. The van der Waals surface area contributed by atoms with Gasteiger partial charge in [-0.3, -0.25) is 9.59 Å². The number of likely N-dealkylation sites (tertiary alicyclic amines) is 1. The molecule has 2 heterocycles. The van der Waals surface area contributed by atoms with E-state index in [0.717, 1.165) is 25.1 Å². The van der Waals surface area contributed by atoms with Gasteiger partial charge in [-0.1, -0.05) is 18.2 Å². The lowest BCUT2D eigenvalue weighted by Crippen LogP contribution is -2.43. The van der Waals surface area contributed by atoms with Crippen LogP contribution in [0, 0.1) is 0 Å². The van der Waals surface area contributed by atoms with Crippen LogP contribution >= 0.6 is 0 Å². The fourth-order valence-corrected chi connectivity index (χ4v) is 3.03. The van der Waals surface area contributed by atoms with Crippen LogP contribution in [0.15, 0.2) is 24.3 Å². The second-order valence-corrected chi connectivity index (χ2v) is 5.53. The minimum atomic E-state index is -0.163. The summed E-state index contributed by atoms with van der Waals surface area (Å²) in [6, 6.07) is 7.97. The zero-order valence-corrected chi connectivity index (χ0v) is 11.6. The SMILES string of the molecule is CC(=O)NC1CCN(C(=O)[C@@H]2Cc3ccccc3N2)C1. The molecule has 5 nitrogen and oxygen atoms in total. The van der Waals surface area contributed by atoms with E-state index in [9.17, 15) is 9.59 Å². The number of anilines is 1. The summed E-state index contributed by atoms with van der Waals surface area (Å²) in [7, 11) is 0. The van der Waals surface area contributed by atoms with Crippen LogP contribution in [0.4, 0.5) is 5.69 Å². The molecule has 5 heteroatoms. The molecule has 0 bridgehead atoms. The summed E-state index contributed by atoms with van der Waals surface area (Å²) >= 11 is 0. The number of hydrogen-bond donors (Lipinski definition) is 2. The van der Waals surface area contributed by atoms with Crippen LogP contribution in [-0.2, 0) is 16.0 Å². The average molecular weight is 273 g/mol. The van der Waals surface area contributed by atoms with E-state index in [1.165, 1.54) is 12.5 Å². The Morgan fingerprint density at radius 1 is 1.35 bits per heavy atom. The number of carbonyl (C=O) groups is 2. The van der Waals surface area contributed by atoms with Crippen molar-refractivity contribution in [3.63, 3.8) is 0 Å². The molecule has 0 aliphatic carbocycles. The Labute approximate surface area is 118 Å². The van der Waals surface area contributed by atoms with E-state index in [2.05, 4.69) is 16.7 Å². The first-order valence-corrected chi connectivity index (χ1v) is 7.04. The Kier molecular flexibility index (Phi) is 3.34. The van der Waals surface area contributed by atoms with Crippen LogP contribution in [0.5, 0.6) is 0 Å². The molecule has 0 radical (unpaired) electrons. The largest absolute Gasteiger partial charge is 0.373 e. The predicted octanol–water partition coefficient (Wildman–Crippen LogP) is 0.760. The highest BCUT2D eigenvalue weighted by Gasteiger charge is 2.34. The molecule has 1 saturated heterocycles. The van der Waals surface area contributed by atoms with Gasteiger partial charge in [0.2, 0.25) is 11.8 Å². The van der Waals surface area contributed by atoms with E-state index < -0.39 is 0 Å². The van der Waals surface area contributed by atoms with Crippen LogP contribution in [0.3, 0.4) is 0 Å². The maximum absolute atomic E-state index is 12.5. The quantitative estimate of drug-likeness (QED) is 0.836. The van der Waals surface area contributed by atoms with Crippen molar-refractivity contribution in [1.82, 2.24) is 10.2 Å². The number of amides is 2. The van der Waals surface area contributed by atoms with Gasteiger partial charge in [0.15, 0.2) is 0 Å². The topological polar surface area (TPSA) is 61.4 Å². The first-order valence-electron chi connectivity index (χ1n) is 7.04. The molecule has 1 aromatic carbocycles. The van der Waals surface area contributed by atoms with Crippen LogP contribution in [0.2, 0.25) is 0 Å². The summed E-state index contributed by atoms with van der Waals surface area (Å²) in [4.78, 5) is 25.4. The Morgan fingerprint density at radius 2 is 2.15 bits per heavy atom. The van der Waals surface area contributed by atoms with E-state index in [4.69, 9.17) is 0 Å². The van der Waals surface area contributed by atoms with E-state index in [1.54, 1.807) is 0 Å². The molecular formula is C15H19N3O2. The number of benzene rings is 1. The first-order chi connectivity index (χ1) is 9.63. The minimum Gasteiger partial charge on any atom is -0.373 e. The molecule has 106 valence electrons. The second kappa shape index (κ2) is 5.15. The van der Waals surface area contributed by atoms with E-state index in [1.807, 2.05) is 23.1 Å². The standard InChI is InChI=1S/C15H19N3O2/c1-10(19)16-12-6-7-18(9-12)15(20)14-8-11-4-2-3-5-13(11)17-14/h2-5,12,14,17H,6-9H2,1H3,(H,16,19)/t12?,14-/m0/s1. The number of fused-ring (bicyclic) bond motifs is 1. The lowest BCUT2D eigenvalue weighted by molar-refractivity contribution is -0.131. The normalized spacial score (nSPS) is 24.1. The lowest BCUT2D eigenvalue weighted by Gasteiger charge is -2.21. The van der Waals surface area contributed by atoms with Crippen molar-refractivity contribution in [2.24, 2.45) is 0 Å². The smallest absolute Gasteiger partial charge is 0.245 e. The molecule has 0 spiro atoms. The lowest BCUT2D eigenvalue weighted by atomic mass is 10.1. The zero-order valence-electron chi connectivity index (χ0n) is 11.6. The van der Waals surface area contributed by atoms with Crippen LogP contribution in [-0.4, -0.2) is 41.9 Å². The second-order valence-electron chi connectivity index (χ2n) is 5.53. The van der Waals surface area contributed by atoms with Crippen LogP contribution in [0.1, 0.15) is 18.9 Å². The van der Waals surface area contributed by atoms with Crippen molar-refractivity contribution in [3.8, 4) is 0 Å². The van der Waals surface area contributed by atoms with Crippen molar-refractivity contribution < 1.29 is 9.59 Å². The first kappa shape index (κ1) is 13.0. The third-order valence-electron chi connectivity index (χ3n) is 3.98. The van der Waals surface area contributed by atoms with Gasteiger partial charge in [0.25, 0.3) is 0 Å². The maximum atomic E-state index is 12.5. The fourth-order valence-electron chi connectivity index (χ4n) is 3.03. The summed E-state index contributed by atoms with van der Waals surface area (Å²) in [5, 5.41) is 6.17. The monoisotopic (exact) mass is 273 g/mol. The highest BCUT2D eigenvalue weighted by molar-refractivity contribution is 5.87. The number of rotatable bonds is 2. The number of nitrogens with zero attached hydrogens (tertiary/aromatic N) is 1. The summed E-state index contributed by atoms with van der Waals surface area (Å²) in [6.07, 6.45) is 1.58. The van der Waals surface area contributed by atoms with Crippen molar-refractivity contribution in [3.05, 3.63) is 29.8 Å².